The van der Waals surface area contributed by atoms with E-state index in [0.717, 1.165) is 19.8 Å². The van der Waals surface area contributed by atoms with Crippen molar-refractivity contribution >= 4 is 0 Å². The van der Waals surface area contributed by atoms with Crippen LogP contribution in [0.3, 0.4) is 0 Å². The van der Waals surface area contributed by atoms with Crippen LogP contribution in [0, 0.1) is 5.41 Å². The van der Waals surface area contributed by atoms with E-state index in [4.69, 9.17) is 4.74 Å². The Morgan fingerprint density at radius 1 is 1.54 bits per heavy atom. The van der Waals surface area contributed by atoms with Crippen molar-refractivity contribution in [3.8, 4) is 0 Å². The fourth-order valence-corrected chi connectivity index (χ4v) is 1.51. The first-order chi connectivity index (χ1) is 6.02. The first-order valence-electron chi connectivity index (χ1n) is 4.97. The van der Waals surface area contributed by atoms with Gasteiger partial charge in [-0.15, -0.1) is 0 Å². The van der Waals surface area contributed by atoms with Gasteiger partial charge in [-0.3, -0.25) is 0 Å². The Hall–Kier alpha value is -0.340. The maximum absolute atomic E-state index is 5.45. The molecule has 13 heavy (non-hydrogen) atoms. The van der Waals surface area contributed by atoms with Crippen LogP contribution in [-0.4, -0.2) is 25.8 Å². The largest absolute Gasteiger partial charge is 0.379 e. The molecule has 0 aromatic carbocycles. The fraction of sp³-hybridized carbons (Fsp3) is 0.818. The molecule has 2 nitrogen and oxygen atoms in total. The Morgan fingerprint density at radius 2 is 2.23 bits per heavy atom. The third-order valence-corrected chi connectivity index (χ3v) is 2.58. The molecule has 1 unspecified atom stereocenters. The molecule has 0 aromatic heterocycles. The quantitative estimate of drug-likeness (QED) is 0.675. The minimum Gasteiger partial charge on any atom is -0.379 e. The Morgan fingerprint density at radius 3 is 2.69 bits per heavy atom. The molecule has 0 saturated carbocycles. The molecule has 1 N–H and O–H groups in total. The summed E-state index contributed by atoms with van der Waals surface area (Å²) >= 11 is 0. The van der Waals surface area contributed by atoms with Gasteiger partial charge in [-0.1, -0.05) is 25.5 Å². The summed E-state index contributed by atoms with van der Waals surface area (Å²) in [5.41, 5.74) is 1.65. The standard InChI is InChI=1S/C11H21NO/c1-9(2)5-6-12-10-7-13-8-11(10,3)4/h5,10,12H,6-8H2,1-4H3. The van der Waals surface area contributed by atoms with Crippen molar-refractivity contribution in [2.75, 3.05) is 19.8 Å². The van der Waals surface area contributed by atoms with E-state index in [0.29, 0.717) is 6.04 Å². The first kappa shape index (κ1) is 10.7. The molecule has 1 heterocycles. The number of nitrogens with one attached hydrogen (secondary N) is 1. The summed E-state index contributed by atoms with van der Waals surface area (Å²) in [6.45, 7) is 11.4. The Bertz CT molecular complexity index is 192. The van der Waals surface area contributed by atoms with Gasteiger partial charge in [0.15, 0.2) is 0 Å². The van der Waals surface area contributed by atoms with Crippen molar-refractivity contribution in [3.05, 3.63) is 11.6 Å². The number of rotatable bonds is 3. The van der Waals surface area contributed by atoms with Gasteiger partial charge in [0.25, 0.3) is 0 Å². The smallest absolute Gasteiger partial charge is 0.0626 e. The summed E-state index contributed by atoms with van der Waals surface area (Å²) in [6, 6.07) is 0.503. The molecule has 0 spiro atoms. The van der Waals surface area contributed by atoms with Gasteiger partial charge in [-0.2, -0.15) is 0 Å². The van der Waals surface area contributed by atoms with E-state index in [1.165, 1.54) is 5.57 Å². The van der Waals surface area contributed by atoms with Crippen LogP contribution in [0.15, 0.2) is 11.6 Å². The summed E-state index contributed by atoms with van der Waals surface area (Å²) in [5, 5.41) is 3.50. The van der Waals surface area contributed by atoms with Gasteiger partial charge in [-0.05, 0) is 13.8 Å². The second kappa shape index (κ2) is 4.25. The van der Waals surface area contributed by atoms with Crippen molar-refractivity contribution < 1.29 is 4.74 Å². The third-order valence-electron chi connectivity index (χ3n) is 2.58. The number of hydrogen-bond donors (Lipinski definition) is 1. The van der Waals surface area contributed by atoms with Gasteiger partial charge in [0, 0.05) is 18.0 Å². The van der Waals surface area contributed by atoms with Crippen LogP contribution in [0.1, 0.15) is 27.7 Å². The molecule has 76 valence electrons. The molecule has 0 radical (unpaired) electrons. The molecule has 1 fully saturated rings. The molecule has 1 aliphatic heterocycles. The van der Waals surface area contributed by atoms with Crippen LogP contribution in [0.2, 0.25) is 0 Å². The molecular formula is C11H21NO. The summed E-state index contributed by atoms with van der Waals surface area (Å²) < 4.78 is 5.45. The first-order valence-corrected chi connectivity index (χ1v) is 4.97. The molecule has 2 heteroatoms. The maximum atomic E-state index is 5.45. The van der Waals surface area contributed by atoms with Crippen molar-refractivity contribution in [1.29, 1.82) is 0 Å². The van der Waals surface area contributed by atoms with Crippen molar-refractivity contribution in [2.24, 2.45) is 5.41 Å². The van der Waals surface area contributed by atoms with Crippen LogP contribution >= 0.6 is 0 Å². The van der Waals surface area contributed by atoms with E-state index in [1.54, 1.807) is 0 Å². The average molecular weight is 183 g/mol. The molecule has 0 aliphatic carbocycles. The zero-order chi connectivity index (χ0) is 9.90. The lowest BCUT2D eigenvalue weighted by atomic mass is 9.88. The molecule has 0 bridgehead atoms. The van der Waals surface area contributed by atoms with E-state index in [9.17, 15) is 0 Å². The minimum absolute atomic E-state index is 0.287. The van der Waals surface area contributed by atoms with E-state index in [2.05, 4.69) is 39.1 Å². The van der Waals surface area contributed by atoms with E-state index in [1.807, 2.05) is 0 Å². The topological polar surface area (TPSA) is 21.3 Å². The fourth-order valence-electron chi connectivity index (χ4n) is 1.51. The van der Waals surface area contributed by atoms with Gasteiger partial charge >= 0.3 is 0 Å². The van der Waals surface area contributed by atoms with Crippen molar-refractivity contribution in [3.63, 3.8) is 0 Å². The zero-order valence-electron chi connectivity index (χ0n) is 9.18. The summed E-state index contributed by atoms with van der Waals surface area (Å²) in [7, 11) is 0. The highest BCUT2D eigenvalue weighted by molar-refractivity contribution is 4.97. The lowest BCUT2D eigenvalue weighted by Gasteiger charge is -2.24. The predicted octanol–water partition coefficient (Wildman–Crippen LogP) is 1.97. The van der Waals surface area contributed by atoms with Crippen molar-refractivity contribution in [1.82, 2.24) is 5.32 Å². The minimum atomic E-state index is 0.287. The molecule has 1 rings (SSSR count). The normalized spacial score (nSPS) is 26.0. The monoisotopic (exact) mass is 183 g/mol. The van der Waals surface area contributed by atoms with Crippen LogP contribution in [0.4, 0.5) is 0 Å². The lowest BCUT2D eigenvalue weighted by Crippen LogP contribution is -2.40. The number of ether oxygens (including phenoxy) is 1. The van der Waals surface area contributed by atoms with Crippen LogP contribution < -0.4 is 5.32 Å². The average Bonchev–Trinajstić information content (AvgIpc) is 2.30. The predicted molar refractivity (Wildman–Crippen MR) is 55.8 cm³/mol. The Labute approximate surface area is 81.4 Å². The number of allylic oxidation sites excluding steroid dienone is 1. The van der Waals surface area contributed by atoms with Crippen molar-refractivity contribution in [2.45, 2.75) is 33.7 Å². The lowest BCUT2D eigenvalue weighted by molar-refractivity contribution is 0.166. The van der Waals surface area contributed by atoms with E-state index >= 15 is 0 Å². The molecule has 0 amide bonds. The second-order valence-electron chi connectivity index (χ2n) is 4.75. The highest BCUT2D eigenvalue weighted by Crippen LogP contribution is 2.26. The van der Waals surface area contributed by atoms with Crippen LogP contribution in [0.5, 0.6) is 0 Å². The molecule has 1 saturated heterocycles. The highest BCUT2D eigenvalue weighted by Gasteiger charge is 2.34. The van der Waals surface area contributed by atoms with Crippen LogP contribution in [0.25, 0.3) is 0 Å². The summed E-state index contributed by atoms with van der Waals surface area (Å²) in [4.78, 5) is 0. The van der Waals surface area contributed by atoms with Gasteiger partial charge in [0.1, 0.15) is 0 Å². The summed E-state index contributed by atoms with van der Waals surface area (Å²) in [6.07, 6.45) is 2.22. The highest BCUT2D eigenvalue weighted by atomic mass is 16.5. The number of hydrogen-bond acceptors (Lipinski definition) is 2. The second-order valence-corrected chi connectivity index (χ2v) is 4.75. The molecule has 1 aliphatic rings. The van der Waals surface area contributed by atoms with E-state index < -0.39 is 0 Å². The SMILES string of the molecule is CC(C)=CCNC1COCC1(C)C. The Kier molecular flexibility index (Phi) is 3.51. The van der Waals surface area contributed by atoms with Gasteiger partial charge < -0.3 is 10.1 Å². The molecular weight excluding hydrogens is 162 g/mol. The van der Waals surface area contributed by atoms with Crippen LogP contribution in [-0.2, 0) is 4.74 Å². The Balaban J connectivity index is 2.33. The maximum Gasteiger partial charge on any atom is 0.0626 e. The van der Waals surface area contributed by atoms with Gasteiger partial charge in [0.05, 0.1) is 13.2 Å². The third kappa shape index (κ3) is 3.12. The zero-order valence-corrected chi connectivity index (χ0v) is 9.18. The van der Waals surface area contributed by atoms with Gasteiger partial charge in [-0.25, -0.2) is 0 Å². The van der Waals surface area contributed by atoms with Gasteiger partial charge in [0.2, 0.25) is 0 Å². The summed E-state index contributed by atoms with van der Waals surface area (Å²) in [5.74, 6) is 0. The molecule has 1 atom stereocenters. The van der Waals surface area contributed by atoms with E-state index in [-0.39, 0.29) is 5.41 Å². The molecule has 0 aromatic rings.